The molecule has 0 bridgehead atoms. The molecule has 0 aliphatic rings. The number of nitrogens with one attached hydrogen (secondary N) is 1. The van der Waals surface area contributed by atoms with E-state index in [0.29, 0.717) is 40.1 Å². The summed E-state index contributed by atoms with van der Waals surface area (Å²) in [5, 5.41) is 13.7. The number of aromatic nitrogens is 2. The lowest BCUT2D eigenvalue weighted by Crippen LogP contribution is -2.12. The first-order valence-corrected chi connectivity index (χ1v) is 9.76. The number of rotatable bonds is 7. The largest absolute Gasteiger partial charge is 0.497 e. The first-order valence-electron chi connectivity index (χ1n) is 9.76. The van der Waals surface area contributed by atoms with Crippen molar-refractivity contribution in [2.45, 2.75) is 6.61 Å². The number of ether oxygens (including phenoxy) is 3. The molecular formula is C24H21N3O5. The zero-order valence-electron chi connectivity index (χ0n) is 17.5. The Kier molecular flexibility index (Phi) is 6.14. The molecule has 1 heterocycles. The van der Waals surface area contributed by atoms with E-state index in [1.54, 1.807) is 50.6 Å². The molecule has 0 atom stereocenters. The molecule has 0 unspecified atom stereocenters. The number of fused-ring (bicyclic) bond motifs is 1. The molecule has 4 rings (SSSR count). The van der Waals surface area contributed by atoms with E-state index in [4.69, 9.17) is 14.2 Å². The maximum Gasteiger partial charge on any atom is 0.256 e. The second kappa shape index (κ2) is 9.32. The van der Waals surface area contributed by atoms with Crippen molar-refractivity contribution in [2.75, 3.05) is 19.5 Å². The summed E-state index contributed by atoms with van der Waals surface area (Å²) in [5.74, 6) is 1.77. The summed E-state index contributed by atoms with van der Waals surface area (Å²) in [5.41, 5.74) is 1.54. The van der Waals surface area contributed by atoms with Crippen LogP contribution in [0.5, 0.6) is 23.1 Å². The normalized spacial score (nSPS) is 10.6. The van der Waals surface area contributed by atoms with Crippen LogP contribution in [-0.4, -0.2) is 35.2 Å². The third kappa shape index (κ3) is 4.60. The highest BCUT2D eigenvalue weighted by atomic mass is 16.5. The highest BCUT2D eigenvalue weighted by Crippen LogP contribution is 2.29. The number of hydrogen-bond donors (Lipinski definition) is 2. The van der Waals surface area contributed by atoms with Gasteiger partial charge < -0.3 is 24.6 Å². The lowest BCUT2D eigenvalue weighted by Gasteiger charge is -2.12. The topological polar surface area (TPSA) is 103 Å². The molecule has 0 saturated carbocycles. The van der Waals surface area contributed by atoms with Crippen LogP contribution >= 0.6 is 0 Å². The Labute approximate surface area is 184 Å². The van der Waals surface area contributed by atoms with Gasteiger partial charge in [-0.05, 0) is 35.0 Å². The number of amides is 1. The molecule has 1 aromatic heterocycles. The van der Waals surface area contributed by atoms with E-state index in [1.165, 1.54) is 6.33 Å². The van der Waals surface area contributed by atoms with E-state index >= 15 is 0 Å². The van der Waals surface area contributed by atoms with Crippen LogP contribution < -0.4 is 19.5 Å². The minimum atomic E-state index is -0.261. The van der Waals surface area contributed by atoms with Crippen molar-refractivity contribution in [1.82, 2.24) is 9.97 Å². The zero-order valence-corrected chi connectivity index (χ0v) is 17.5. The van der Waals surface area contributed by atoms with Gasteiger partial charge >= 0.3 is 0 Å². The van der Waals surface area contributed by atoms with Crippen LogP contribution in [0.2, 0.25) is 0 Å². The molecule has 0 fully saturated rings. The van der Waals surface area contributed by atoms with E-state index in [0.717, 1.165) is 10.8 Å². The molecule has 8 heteroatoms. The Bertz CT molecular complexity index is 1250. The van der Waals surface area contributed by atoms with Crippen molar-refractivity contribution in [3.05, 3.63) is 78.2 Å². The Balaban J connectivity index is 1.60. The van der Waals surface area contributed by atoms with Gasteiger partial charge in [0.2, 0.25) is 5.88 Å². The second-order valence-corrected chi connectivity index (χ2v) is 6.85. The first-order chi connectivity index (χ1) is 15.6. The molecule has 0 aliphatic heterocycles. The van der Waals surface area contributed by atoms with Crippen LogP contribution in [0.25, 0.3) is 10.8 Å². The number of benzene rings is 3. The van der Waals surface area contributed by atoms with Gasteiger partial charge in [-0.2, -0.15) is 0 Å². The maximum atomic E-state index is 13.0. The summed E-state index contributed by atoms with van der Waals surface area (Å²) in [6, 6.07) is 17.6. The molecule has 162 valence electrons. The third-order valence-corrected chi connectivity index (χ3v) is 4.79. The van der Waals surface area contributed by atoms with Crippen molar-refractivity contribution in [3.8, 4) is 23.1 Å². The molecule has 0 spiro atoms. The summed E-state index contributed by atoms with van der Waals surface area (Å²) >= 11 is 0. The molecular weight excluding hydrogens is 410 g/mol. The fourth-order valence-electron chi connectivity index (χ4n) is 3.24. The lowest BCUT2D eigenvalue weighted by molar-refractivity contribution is 0.102. The average Bonchev–Trinajstić information content (AvgIpc) is 2.83. The average molecular weight is 431 g/mol. The summed E-state index contributed by atoms with van der Waals surface area (Å²) < 4.78 is 16.3. The van der Waals surface area contributed by atoms with Gasteiger partial charge in [0, 0.05) is 35.5 Å². The molecule has 32 heavy (non-hydrogen) atoms. The van der Waals surface area contributed by atoms with Crippen LogP contribution in [0.1, 0.15) is 16.1 Å². The Hall–Kier alpha value is -4.17. The van der Waals surface area contributed by atoms with Gasteiger partial charge in [0.05, 0.1) is 26.5 Å². The van der Waals surface area contributed by atoms with Crippen LogP contribution in [0.15, 0.2) is 67.0 Å². The highest BCUT2D eigenvalue weighted by Gasteiger charge is 2.13. The van der Waals surface area contributed by atoms with Crippen molar-refractivity contribution in [3.63, 3.8) is 0 Å². The summed E-state index contributed by atoms with van der Waals surface area (Å²) in [6.07, 6.45) is 1.33. The van der Waals surface area contributed by atoms with Gasteiger partial charge in [-0.25, -0.2) is 9.97 Å². The molecule has 2 N–H and O–H groups in total. The molecule has 0 radical (unpaired) electrons. The summed E-state index contributed by atoms with van der Waals surface area (Å²) in [7, 11) is 3.10. The number of hydrogen-bond acceptors (Lipinski definition) is 7. The molecule has 4 aromatic rings. The summed E-state index contributed by atoms with van der Waals surface area (Å²) in [4.78, 5) is 21.0. The highest BCUT2D eigenvalue weighted by molar-refractivity contribution is 6.13. The standard InChI is InChI=1S/C24H21N3O5/c1-30-19-9-16(10-20(12-19)31-2)27-24(29)22-5-3-4-15-8-18(6-7-21(15)22)32-23-11-17(13-28)25-14-26-23/h3-12,14,28H,13H2,1-2H3,(H,27,29). The van der Waals surface area contributed by atoms with Crippen molar-refractivity contribution in [1.29, 1.82) is 0 Å². The molecule has 8 nitrogen and oxygen atoms in total. The fourth-order valence-corrected chi connectivity index (χ4v) is 3.24. The van der Waals surface area contributed by atoms with Gasteiger partial charge in [-0.15, -0.1) is 0 Å². The van der Waals surface area contributed by atoms with Crippen molar-refractivity contribution < 1.29 is 24.1 Å². The van der Waals surface area contributed by atoms with Crippen LogP contribution in [0, 0.1) is 0 Å². The maximum absolute atomic E-state index is 13.0. The Morgan fingerprint density at radius 2 is 1.72 bits per heavy atom. The quantitative estimate of drug-likeness (QED) is 0.452. The van der Waals surface area contributed by atoms with Crippen LogP contribution in [0.4, 0.5) is 5.69 Å². The van der Waals surface area contributed by atoms with E-state index in [-0.39, 0.29) is 12.5 Å². The molecule has 3 aromatic carbocycles. The smallest absolute Gasteiger partial charge is 0.256 e. The molecule has 0 aliphatic carbocycles. The van der Waals surface area contributed by atoms with Gasteiger partial charge in [-0.3, -0.25) is 4.79 Å². The SMILES string of the molecule is COc1cc(NC(=O)c2cccc3cc(Oc4cc(CO)ncn4)ccc23)cc(OC)c1. The number of aliphatic hydroxyl groups excluding tert-OH is 1. The minimum absolute atomic E-state index is 0.200. The number of aliphatic hydroxyl groups is 1. The van der Waals surface area contributed by atoms with Crippen molar-refractivity contribution >= 4 is 22.4 Å². The van der Waals surface area contributed by atoms with Crippen molar-refractivity contribution in [2.24, 2.45) is 0 Å². The fraction of sp³-hybridized carbons (Fsp3) is 0.125. The van der Waals surface area contributed by atoms with E-state index in [9.17, 15) is 9.90 Å². The minimum Gasteiger partial charge on any atom is -0.497 e. The lowest BCUT2D eigenvalue weighted by atomic mass is 10.0. The van der Waals surface area contributed by atoms with E-state index < -0.39 is 0 Å². The van der Waals surface area contributed by atoms with Gasteiger partial charge in [0.25, 0.3) is 5.91 Å². The molecule has 0 saturated heterocycles. The second-order valence-electron chi connectivity index (χ2n) is 6.85. The van der Waals surface area contributed by atoms with E-state index in [2.05, 4.69) is 15.3 Å². The first kappa shape index (κ1) is 21.1. The number of carbonyl (C=O) groups excluding carboxylic acids is 1. The third-order valence-electron chi connectivity index (χ3n) is 4.79. The Morgan fingerprint density at radius 1 is 0.938 bits per heavy atom. The van der Waals surface area contributed by atoms with Gasteiger partial charge in [0.1, 0.15) is 23.6 Å². The monoisotopic (exact) mass is 431 g/mol. The number of anilines is 1. The van der Waals surface area contributed by atoms with Crippen LogP contribution in [0.3, 0.4) is 0 Å². The number of nitrogens with zero attached hydrogens (tertiary/aromatic N) is 2. The van der Waals surface area contributed by atoms with Gasteiger partial charge in [-0.1, -0.05) is 12.1 Å². The molecule has 1 amide bonds. The Morgan fingerprint density at radius 3 is 2.44 bits per heavy atom. The van der Waals surface area contributed by atoms with Gasteiger partial charge in [0.15, 0.2) is 0 Å². The van der Waals surface area contributed by atoms with Crippen LogP contribution in [-0.2, 0) is 6.61 Å². The summed E-state index contributed by atoms with van der Waals surface area (Å²) in [6.45, 7) is -0.200. The van der Waals surface area contributed by atoms with E-state index in [1.807, 2.05) is 24.3 Å². The number of carbonyl (C=O) groups is 1. The predicted molar refractivity (Wildman–Crippen MR) is 119 cm³/mol. The number of methoxy groups -OCH3 is 2. The predicted octanol–water partition coefficient (Wildman–Crippen LogP) is 4.18. The zero-order chi connectivity index (χ0) is 22.5.